The van der Waals surface area contributed by atoms with E-state index < -0.39 is 0 Å². The fourth-order valence-corrected chi connectivity index (χ4v) is 3.25. The van der Waals surface area contributed by atoms with Gasteiger partial charge in [0.1, 0.15) is 5.76 Å². The maximum Gasteiger partial charge on any atom is 0.318 e. The van der Waals surface area contributed by atoms with Crippen LogP contribution in [0.5, 0.6) is 0 Å². The van der Waals surface area contributed by atoms with Gasteiger partial charge in [-0.25, -0.2) is 4.79 Å². The second-order valence-corrected chi connectivity index (χ2v) is 7.17. The highest BCUT2D eigenvalue weighted by atomic mass is 16.5. The van der Waals surface area contributed by atoms with Gasteiger partial charge in [0.25, 0.3) is 0 Å². The van der Waals surface area contributed by atoms with Crippen LogP contribution in [0.3, 0.4) is 0 Å². The molecule has 1 saturated carbocycles. The van der Waals surface area contributed by atoms with Crippen molar-refractivity contribution in [1.29, 1.82) is 0 Å². The first-order valence-electron chi connectivity index (χ1n) is 9.60. The molecule has 0 spiro atoms. The van der Waals surface area contributed by atoms with Gasteiger partial charge in [-0.2, -0.15) is 0 Å². The van der Waals surface area contributed by atoms with Crippen LogP contribution in [-0.4, -0.2) is 22.1 Å². The molecule has 1 fully saturated rings. The van der Waals surface area contributed by atoms with Crippen molar-refractivity contribution in [1.82, 2.24) is 15.4 Å². The summed E-state index contributed by atoms with van der Waals surface area (Å²) in [5, 5.41) is 7.21. The van der Waals surface area contributed by atoms with Crippen LogP contribution in [-0.2, 0) is 25.9 Å². The van der Waals surface area contributed by atoms with E-state index >= 15 is 0 Å². The minimum Gasteiger partial charge on any atom is -0.361 e. The van der Waals surface area contributed by atoms with E-state index in [2.05, 4.69) is 49.4 Å². The summed E-state index contributed by atoms with van der Waals surface area (Å²) in [5.41, 5.74) is 5.70. The number of aryl methyl sites for hydroxylation is 4. The minimum atomic E-state index is -0.00367. The van der Waals surface area contributed by atoms with Crippen molar-refractivity contribution in [3.8, 4) is 0 Å². The van der Waals surface area contributed by atoms with Gasteiger partial charge in [-0.1, -0.05) is 37.2 Å². The summed E-state index contributed by atoms with van der Waals surface area (Å²) in [7, 11) is 0. The summed E-state index contributed by atoms with van der Waals surface area (Å²) < 4.78 is 5.39. The first-order valence-corrected chi connectivity index (χ1v) is 9.60. The predicted octanol–water partition coefficient (Wildman–Crippen LogP) is 4.29. The fourth-order valence-electron chi connectivity index (χ4n) is 3.25. The average Bonchev–Trinajstić information content (AvgIpc) is 3.39. The van der Waals surface area contributed by atoms with Gasteiger partial charge in [-0.15, -0.1) is 0 Å². The number of rotatable bonds is 7. The zero-order valence-electron chi connectivity index (χ0n) is 16.3. The molecule has 1 heterocycles. The number of urea groups is 1. The van der Waals surface area contributed by atoms with Gasteiger partial charge < -0.3 is 14.7 Å². The van der Waals surface area contributed by atoms with Crippen LogP contribution >= 0.6 is 0 Å². The van der Waals surface area contributed by atoms with E-state index in [9.17, 15) is 4.79 Å². The largest absolute Gasteiger partial charge is 0.361 e. The molecular weight excluding hydrogens is 326 g/mol. The summed E-state index contributed by atoms with van der Waals surface area (Å²) in [6, 6.07) is 6.79. The second-order valence-electron chi connectivity index (χ2n) is 7.17. The number of carbonyl (C=O) groups is 1. The second kappa shape index (κ2) is 7.94. The highest BCUT2D eigenvalue weighted by Gasteiger charge is 2.32. The predicted molar refractivity (Wildman–Crippen MR) is 102 cm³/mol. The lowest BCUT2D eigenvalue weighted by atomic mass is 10.1. The van der Waals surface area contributed by atoms with Gasteiger partial charge in [0.05, 0.1) is 5.69 Å². The molecule has 1 N–H and O–H groups in total. The third-order valence-electron chi connectivity index (χ3n) is 5.20. The number of nitrogens with zero attached hydrogens (tertiary/aromatic N) is 2. The van der Waals surface area contributed by atoms with Crippen molar-refractivity contribution in [2.24, 2.45) is 0 Å². The summed E-state index contributed by atoms with van der Waals surface area (Å²) in [5.74, 6) is 0.870. The molecule has 1 aromatic heterocycles. The van der Waals surface area contributed by atoms with Crippen molar-refractivity contribution in [2.45, 2.75) is 72.5 Å². The van der Waals surface area contributed by atoms with E-state index in [0.29, 0.717) is 19.1 Å². The highest BCUT2D eigenvalue weighted by Crippen LogP contribution is 2.29. The quantitative estimate of drug-likeness (QED) is 0.806. The third kappa shape index (κ3) is 4.09. The maximum absolute atomic E-state index is 12.8. The molecule has 26 heavy (non-hydrogen) atoms. The molecule has 1 aliphatic rings. The van der Waals surface area contributed by atoms with Gasteiger partial charge in [-0.3, -0.25) is 0 Å². The fraction of sp³-hybridized carbons (Fsp3) is 0.524. The molecule has 2 aromatic rings. The van der Waals surface area contributed by atoms with E-state index in [1.807, 2.05) is 11.8 Å². The molecule has 0 atom stereocenters. The molecule has 2 amide bonds. The molecule has 5 heteroatoms. The normalized spacial score (nSPS) is 13.7. The van der Waals surface area contributed by atoms with Crippen LogP contribution in [0, 0.1) is 13.8 Å². The first kappa shape index (κ1) is 18.5. The van der Waals surface area contributed by atoms with Gasteiger partial charge in [-0.05, 0) is 49.8 Å². The topological polar surface area (TPSA) is 58.4 Å². The molecule has 1 aliphatic carbocycles. The third-order valence-corrected chi connectivity index (χ3v) is 5.20. The van der Waals surface area contributed by atoms with Crippen molar-refractivity contribution in [2.75, 3.05) is 0 Å². The van der Waals surface area contributed by atoms with Gasteiger partial charge in [0, 0.05) is 31.1 Å². The summed E-state index contributed by atoms with van der Waals surface area (Å²) in [6.45, 7) is 9.46. The van der Waals surface area contributed by atoms with Crippen molar-refractivity contribution >= 4 is 6.03 Å². The SMILES string of the molecule is CCc1noc(CC)c1CNC(=O)N(Cc1ccc(C)c(C)c1)C1CC1. The van der Waals surface area contributed by atoms with Crippen LogP contribution in [0.1, 0.15) is 60.4 Å². The number of amides is 2. The lowest BCUT2D eigenvalue weighted by molar-refractivity contribution is 0.191. The molecule has 3 rings (SSSR count). The van der Waals surface area contributed by atoms with Crippen LogP contribution in [0.2, 0.25) is 0 Å². The number of hydrogen-bond donors (Lipinski definition) is 1. The summed E-state index contributed by atoms with van der Waals surface area (Å²) in [6.07, 6.45) is 3.77. The lowest BCUT2D eigenvalue weighted by Gasteiger charge is -2.23. The Morgan fingerprint density at radius 2 is 2.00 bits per heavy atom. The Kier molecular flexibility index (Phi) is 5.64. The lowest BCUT2D eigenvalue weighted by Crippen LogP contribution is -2.40. The van der Waals surface area contributed by atoms with E-state index in [1.54, 1.807) is 0 Å². The van der Waals surface area contributed by atoms with Crippen LogP contribution < -0.4 is 5.32 Å². The van der Waals surface area contributed by atoms with Crippen LogP contribution in [0.25, 0.3) is 0 Å². The van der Waals surface area contributed by atoms with Gasteiger partial charge >= 0.3 is 6.03 Å². The van der Waals surface area contributed by atoms with Crippen LogP contribution in [0.4, 0.5) is 4.79 Å². The van der Waals surface area contributed by atoms with Crippen molar-refractivity contribution < 1.29 is 9.32 Å². The Balaban J connectivity index is 1.68. The Morgan fingerprint density at radius 3 is 2.62 bits per heavy atom. The zero-order valence-corrected chi connectivity index (χ0v) is 16.3. The summed E-state index contributed by atoms with van der Waals surface area (Å²) >= 11 is 0. The van der Waals surface area contributed by atoms with Gasteiger partial charge in [0.2, 0.25) is 0 Å². The first-order chi connectivity index (χ1) is 12.5. The Labute approximate surface area is 155 Å². The van der Waals surface area contributed by atoms with E-state index in [-0.39, 0.29) is 6.03 Å². The van der Waals surface area contributed by atoms with Crippen molar-refractivity contribution in [3.05, 3.63) is 51.9 Å². The molecular formula is C21H29N3O2. The molecule has 1 aromatic carbocycles. The maximum atomic E-state index is 12.8. The Hall–Kier alpha value is -2.30. The Morgan fingerprint density at radius 1 is 1.23 bits per heavy atom. The van der Waals surface area contributed by atoms with Gasteiger partial charge in [0.15, 0.2) is 0 Å². The molecule has 0 saturated heterocycles. The number of hydrogen-bond acceptors (Lipinski definition) is 3. The molecule has 0 aliphatic heterocycles. The number of aromatic nitrogens is 1. The highest BCUT2D eigenvalue weighted by molar-refractivity contribution is 5.75. The van der Waals surface area contributed by atoms with E-state index in [0.717, 1.165) is 42.7 Å². The smallest absolute Gasteiger partial charge is 0.318 e. The molecule has 140 valence electrons. The van der Waals surface area contributed by atoms with E-state index in [1.165, 1.54) is 16.7 Å². The number of carbonyl (C=O) groups excluding carboxylic acids is 1. The molecule has 0 unspecified atom stereocenters. The molecule has 5 nitrogen and oxygen atoms in total. The monoisotopic (exact) mass is 355 g/mol. The van der Waals surface area contributed by atoms with Crippen molar-refractivity contribution in [3.63, 3.8) is 0 Å². The standard InChI is InChI=1S/C21H29N3O2/c1-5-19-18(20(6-2)26-23-19)12-22-21(25)24(17-9-10-17)13-16-8-7-14(3)15(4)11-16/h7-8,11,17H,5-6,9-10,12-13H2,1-4H3,(H,22,25). The number of nitrogens with one attached hydrogen (secondary N) is 1. The minimum absolute atomic E-state index is 0.00367. The Bertz CT molecular complexity index is 756. The zero-order chi connectivity index (χ0) is 18.7. The van der Waals surface area contributed by atoms with E-state index in [4.69, 9.17) is 4.52 Å². The van der Waals surface area contributed by atoms with Crippen LogP contribution in [0.15, 0.2) is 22.7 Å². The molecule has 0 radical (unpaired) electrons. The summed E-state index contributed by atoms with van der Waals surface area (Å²) in [4.78, 5) is 14.8. The number of benzene rings is 1. The molecule has 0 bridgehead atoms. The average molecular weight is 355 g/mol.